The maximum atomic E-state index is 5.26. The Labute approximate surface area is 95.9 Å². The summed E-state index contributed by atoms with van der Waals surface area (Å²) in [7, 11) is 0. The lowest BCUT2D eigenvalue weighted by atomic mass is 10.1. The van der Waals surface area contributed by atoms with E-state index in [9.17, 15) is 0 Å². The van der Waals surface area contributed by atoms with Crippen molar-refractivity contribution in [2.45, 2.75) is 46.6 Å². The third kappa shape index (κ3) is 2.00. The molecule has 0 spiro atoms. The molecule has 1 aromatic heterocycles. The third-order valence-corrected chi connectivity index (χ3v) is 3.47. The highest BCUT2D eigenvalue weighted by Gasteiger charge is 2.49. The first-order chi connectivity index (χ1) is 6.92. The molecule has 4 heteroatoms. The Morgan fingerprint density at radius 1 is 1.60 bits per heavy atom. The molecule has 0 saturated heterocycles. The highest BCUT2D eigenvalue weighted by Crippen LogP contribution is 2.57. The molecule has 1 N–H and O–H groups in total. The summed E-state index contributed by atoms with van der Waals surface area (Å²) >= 11 is 5.26. The average Bonchev–Trinajstić information content (AvgIpc) is 2.58. The van der Waals surface area contributed by atoms with Gasteiger partial charge in [0.25, 0.3) is 0 Å². The van der Waals surface area contributed by atoms with E-state index in [1.165, 1.54) is 6.42 Å². The fourth-order valence-corrected chi connectivity index (χ4v) is 2.26. The second-order valence-corrected chi connectivity index (χ2v) is 6.02. The van der Waals surface area contributed by atoms with Crippen molar-refractivity contribution in [2.24, 2.45) is 11.3 Å². The molecular weight excluding hydrogens is 206 g/mol. The highest BCUT2D eigenvalue weighted by molar-refractivity contribution is 7.71. The van der Waals surface area contributed by atoms with Crippen molar-refractivity contribution in [3.05, 3.63) is 10.6 Å². The van der Waals surface area contributed by atoms with Crippen molar-refractivity contribution < 1.29 is 0 Å². The van der Waals surface area contributed by atoms with E-state index < -0.39 is 0 Å². The van der Waals surface area contributed by atoms with Crippen LogP contribution in [-0.4, -0.2) is 14.8 Å². The molecule has 1 fully saturated rings. The van der Waals surface area contributed by atoms with Gasteiger partial charge in [-0.2, -0.15) is 5.10 Å². The molecular formula is C11H19N3S. The van der Waals surface area contributed by atoms with Crippen molar-refractivity contribution >= 4 is 12.2 Å². The van der Waals surface area contributed by atoms with Crippen molar-refractivity contribution in [3.8, 4) is 0 Å². The molecule has 1 aliphatic rings. The first-order valence-corrected chi connectivity index (χ1v) is 5.98. The number of hydrogen-bond donors (Lipinski definition) is 1. The van der Waals surface area contributed by atoms with Crippen LogP contribution in [0.5, 0.6) is 0 Å². The van der Waals surface area contributed by atoms with E-state index in [0.29, 0.717) is 17.3 Å². The van der Waals surface area contributed by atoms with Crippen molar-refractivity contribution in [1.82, 2.24) is 14.8 Å². The third-order valence-electron chi connectivity index (χ3n) is 3.16. The van der Waals surface area contributed by atoms with Gasteiger partial charge in [0.2, 0.25) is 0 Å². The van der Waals surface area contributed by atoms with Gasteiger partial charge < -0.3 is 4.57 Å². The summed E-state index contributed by atoms with van der Waals surface area (Å²) in [6.45, 7) is 9.95. The zero-order valence-electron chi connectivity index (χ0n) is 9.87. The molecule has 84 valence electrons. The van der Waals surface area contributed by atoms with Gasteiger partial charge in [-0.3, -0.25) is 5.10 Å². The van der Waals surface area contributed by atoms with Crippen LogP contribution in [0.3, 0.4) is 0 Å². The highest BCUT2D eigenvalue weighted by atomic mass is 32.1. The minimum atomic E-state index is 0.412. The summed E-state index contributed by atoms with van der Waals surface area (Å²) in [5.74, 6) is 2.35. The Morgan fingerprint density at radius 2 is 2.20 bits per heavy atom. The standard InChI is InChI=1S/C11H19N3S/c1-7(2)6-14-9(12-13-10(14)15)8-5-11(8,3)4/h7-8H,5-6H2,1-4H3,(H,13,15). The topological polar surface area (TPSA) is 33.6 Å². The lowest BCUT2D eigenvalue weighted by Gasteiger charge is -2.10. The molecule has 3 nitrogen and oxygen atoms in total. The molecule has 1 atom stereocenters. The number of H-pyrrole nitrogens is 1. The SMILES string of the molecule is CC(C)Cn1c(C2CC2(C)C)n[nH]c1=S. The fourth-order valence-electron chi connectivity index (χ4n) is 2.05. The Bertz CT molecular complexity index is 414. The van der Waals surface area contributed by atoms with E-state index in [-0.39, 0.29) is 0 Å². The van der Waals surface area contributed by atoms with E-state index >= 15 is 0 Å². The van der Waals surface area contributed by atoms with Gasteiger partial charge in [-0.1, -0.05) is 27.7 Å². The first-order valence-electron chi connectivity index (χ1n) is 5.57. The Kier molecular flexibility index (Phi) is 2.49. The number of rotatable bonds is 3. The minimum absolute atomic E-state index is 0.412. The zero-order valence-corrected chi connectivity index (χ0v) is 10.7. The summed E-state index contributed by atoms with van der Waals surface area (Å²) < 4.78 is 2.93. The second kappa shape index (κ2) is 3.44. The predicted molar refractivity (Wildman–Crippen MR) is 63.4 cm³/mol. The van der Waals surface area contributed by atoms with E-state index in [4.69, 9.17) is 12.2 Å². The van der Waals surface area contributed by atoms with Gasteiger partial charge in [-0.05, 0) is 30.0 Å². The van der Waals surface area contributed by atoms with Crippen LogP contribution in [0.25, 0.3) is 0 Å². The summed E-state index contributed by atoms with van der Waals surface area (Å²) in [4.78, 5) is 0. The van der Waals surface area contributed by atoms with Gasteiger partial charge in [0, 0.05) is 12.5 Å². The van der Waals surface area contributed by atoms with Gasteiger partial charge in [0.05, 0.1) is 0 Å². The Hall–Kier alpha value is -0.640. The van der Waals surface area contributed by atoms with Crippen LogP contribution in [0, 0.1) is 16.1 Å². The smallest absolute Gasteiger partial charge is 0.195 e. The van der Waals surface area contributed by atoms with Crippen LogP contribution in [0.1, 0.15) is 45.9 Å². The monoisotopic (exact) mass is 225 g/mol. The van der Waals surface area contributed by atoms with Crippen LogP contribution in [0.15, 0.2) is 0 Å². The lowest BCUT2D eigenvalue weighted by Crippen LogP contribution is -2.09. The molecule has 0 amide bonds. The van der Waals surface area contributed by atoms with Gasteiger partial charge in [0.15, 0.2) is 4.77 Å². The van der Waals surface area contributed by atoms with E-state index in [0.717, 1.165) is 17.1 Å². The molecule has 0 aliphatic heterocycles. The maximum Gasteiger partial charge on any atom is 0.195 e. The number of hydrogen-bond acceptors (Lipinski definition) is 2. The lowest BCUT2D eigenvalue weighted by molar-refractivity contribution is 0.491. The van der Waals surface area contributed by atoms with Gasteiger partial charge in [-0.15, -0.1) is 0 Å². The van der Waals surface area contributed by atoms with Crippen molar-refractivity contribution in [2.75, 3.05) is 0 Å². The molecule has 0 aromatic carbocycles. The van der Waals surface area contributed by atoms with Gasteiger partial charge in [0.1, 0.15) is 5.82 Å². The molecule has 2 rings (SSSR count). The van der Waals surface area contributed by atoms with Crippen LogP contribution < -0.4 is 0 Å². The molecule has 1 saturated carbocycles. The first kappa shape index (κ1) is 10.9. The average molecular weight is 225 g/mol. The predicted octanol–water partition coefficient (Wildman–Crippen LogP) is 3.11. The normalized spacial score (nSPS) is 23.4. The van der Waals surface area contributed by atoms with Crippen molar-refractivity contribution in [1.29, 1.82) is 0 Å². The molecule has 1 aliphatic carbocycles. The van der Waals surface area contributed by atoms with Gasteiger partial charge >= 0.3 is 0 Å². The number of aromatic amines is 1. The number of nitrogens with one attached hydrogen (secondary N) is 1. The van der Waals surface area contributed by atoms with E-state index in [2.05, 4.69) is 42.5 Å². The summed E-state index contributed by atoms with van der Waals surface area (Å²) in [6, 6.07) is 0. The summed E-state index contributed by atoms with van der Waals surface area (Å²) in [6.07, 6.45) is 1.23. The molecule has 1 heterocycles. The summed E-state index contributed by atoms with van der Waals surface area (Å²) in [5, 5.41) is 7.29. The number of aromatic nitrogens is 3. The Balaban J connectivity index is 2.29. The van der Waals surface area contributed by atoms with Crippen LogP contribution in [-0.2, 0) is 6.54 Å². The fraction of sp³-hybridized carbons (Fsp3) is 0.818. The van der Waals surface area contributed by atoms with Crippen LogP contribution in [0.4, 0.5) is 0 Å². The summed E-state index contributed by atoms with van der Waals surface area (Å²) in [5.41, 5.74) is 0.412. The van der Waals surface area contributed by atoms with Crippen LogP contribution >= 0.6 is 12.2 Å². The largest absolute Gasteiger partial charge is 0.304 e. The molecule has 15 heavy (non-hydrogen) atoms. The number of nitrogens with zero attached hydrogens (tertiary/aromatic N) is 2. The second-order valence-electron chi connectivity index (χ2n) is 5.64. The van der Waals surface area contributed by atoms with E-state index in [1.807, 2.05) is 0 Å². The molecule has 1 unspecified atom stereocenters. The van der Waals surface area contributed by atoms with Gasteiger partial charge in [-0.25, -0.2) is 0 Å². The zero-order chi connectivity index (χ0) is 11.2. The minimum Gasteiger partial charge on any atom is -0.304 e. The van der Waals surface area contributed by atoms with Crippen LogP contribution in [0.2, 0.25) is 0 Å². The molecule has 0 radical (unpaired) electrons. The quantitative estimate of drug-likeness (QED) is 0.802. The van der Waals surface area contributed by atoms with E-state index in [1.54, 1.807) is 0 Å². The maximum absolute atomic E-state index is 5.26. The Morgan fingerprint density at radius 3 is 2.67 bits per heavy atom. The molecule has 0 bridgehead atoms. The molecule has 1 aromatic rings. The van der Waals surface area contributed by atoms with Crippen molar-refractivity contribution in [3.63, 3.8) is 0 Å².